The van der Waals surface area contributed by atoms with E-state index in [4.69, 9.17) is 21.6 Å². The molecular formula is C43H57N10O9+. The molecule has 0 saturated carbocycles. The number of hydrogen-bond acceptors (Lipinski definition) is 11. The molecule has 2 aliphatic rings. The fourth-order valence-electron chi connectivity index (χ4n) is 6.56. The van der Waals surface area contributed by atoms with Crippen LogP contribution in [-0.4, -0.2) is 120 Å². The second kappa shape index (κ2) is 22.7. The number of nitrogens with one attached hydrogen (secondary N) is 5. The molecule has 332 valence electrons. The molecular weight excluding hydrogens is 801 g/mol. The van der Waals surface area contributed by atoms with E-state index in [1.807, 2.05) is 74.1 Å². The van der Waals surface area contributed by atoms with E-state index in [2.05, 4.69) is 26.6 Å². The van der Waals surface area contributed by atoms with Crippen LogP contribution in [0.25, 0.3) is 33.4 Å². The highest BCUT2D eigenvalue weighted by Gasteiger charge is 2.24. The second-order valence-corrected chi connectivity index (χ2v) is 15.1. The summed E-state index contributed by atoms with van der Waals surface area (Å²) < 4.78 is 8.33. The Bertz CT molecular complexity index is 2340. The predicted molar refractivity (Wildman–Crippen MR) is 234 cm³/mol. The molecule has 0 radical (unpaired) electrons. The lowest BCUT2D eigenvalue weighted by Gasteiger charge is -2.19. The number of nitrogens with two attached hydrogens (primary N) is 3. The van der Waals surface area contributed by atoms with E-state index in [0.29, 0.717) is 54.6 Å². The van der Waals surface area contributed by atoms with Gasteiger partial charge in [-0.3, -0.25) is 28.8 Å². The van der Waals surface area contributed by atoms with Gasteiger partial charge in [-0.1, -0.05) is 6.07 Å². The number of unbranched alkanes of at least 4 members (excludes halogenated alkanes) is 2. The number of aromatic carboxylic acids is 1. The first kappa shape index (κ1) is 47.8. The maximum Gasteiger partial charge on any atom is 0.336 e. The number of hydrogen-bond donors (Lipinski definition) is 9. The van der Waals surface area contributed by atoms with Crippen LogP contribution in [0.15, 0.2) is 59.0 Å². The Hall–Kier alpha value is -6.86. The third-order valence-corrected chi connectivity index (χ3v) is 10.0. The number of carboxylic acids is 1. The van der Waals surface area contributed by atoms with Crippen molar-refractivity contribution in [1.29, 1.82) is 0 Å². The van der Waals surface area contributed by atoms with Gasteiger partial charge in [-0.15, -0.1) is 0 Å². The number of fused-ring (bicyclic) bond motifs is 2. The van der Waals surface area contributed by atoms with Crippen LogP contribution in [0.5, 0.6) is 0 Å². The maximum atomic E-state index is 13.2. The van der Waals surface area contributed by atoms with Gasteiger partial charge < -0.3 is 58.2 Å². The van der Waals surface area contributed by atoms with Gasteiger partial charge >= 0.3 is 5.97 Å². The van der Waals surface area contributed by atoms with E-state index in [-0.39, 0.29) is 49.6 Å². The molecule has 0 aromatic heterocycles. The van der Waals surface area contributed by atoms with E-state index in [9.17, 15) is 38.7 Å². The molecule has 1 aliphatic heterocycles. The molecule has 19 nitrogen and oxygen atoms in total. The Morgan fingerprint density at radius 2 is 1.44 bits per heavy atom. The largest absolute Gasteiger partial charge is 0.478 e. The summed E-state index contributed by atoms with van der Waals surface area (Å²) in [5.74, 6) is -3.96. The Kier molecular flexibility index (Phi) is 17.5. The van der Waals surface area contributed by atoms with Gasteiger partial charge in [0.05, 0.1) is 37.3 Å². The number of carboxylic acid groups (broad SMARTS) is 1. The smallest absolute Gasteiger partial charge is 0.336 e. The second-order valence-electron chi connectivity index (χ2n) is 15.1. The summed E-state index contributed by atoms with van der Waals surface area (Å²) in [4.78, 5) is 87.4. The van der Waals surface area contributed by atoms with Crippen LogP contribution in [-0.2, 0) is 24.0 Å². The van der Waals surface area contributed by atoms with Gasteiger partial charge in [-0.2, -0.15) is 0 Å². The number of carbonyl (C=O) groups excluding carboxylic acids is 6. The molecule has 6 amide bonds. The first-order valence-electron chi connectivity index (χ1n) is 20.2. The molecule has 12 N–H and O–H groups in total. The third-order valence-electron chi connectivity index (χ3n) is 10.0. The number of nitrogens with zero attached hydrogens (tertiary/aromatic N) is 2. The summed E-state index contributed by atoms with van der Waals surface area (Å²) >= 11 is 0. The van der Waals surface area contributed by atoms with Crippen LogP contribution in [0.4, 0.5) is 5.69 Å². The first-order valence-corrected chi connectivity index (χ1v) is 20.2. The minimum Gasteiger partial charge on any atom is -0.478 e. The fourth-order valence-corrected chi connectivity index (χ4v) is 6.56. The lowest BCUT2D eigenvalue weighted by atomic mass is 9.89. The number of rotatable bonds is 22. The molecule has 0 unspecified atom stereocenters. The highest BCUT2D eigenvalue weighted by molar-refractivity contribution is 6.09. The fraction of sp³-hybridized carbons (Fsp3) is 0.395. The van der Waals surface area contributed by atoms with Crippen molar-refractivity contribution in [3.8, 4) is 22.5 Å². The van der Waals surface area contributed by atoms with Crippen molar-refractivity contribution in [2.24, 2.45) is 17.2 Å². The van der Waals surface area contributed by atoms with Gasteiger partial charge in [0.25, 0.3) is 5.91 Å². The van der Waals surface area contributed by atoms with Crippen LogP contribution in [0.3, 0.4) is 0 Å². The molecule has 0 fully saturated rings. The lowest BCUT2D eigenvalue weighted by Crippen LogP contribution is -2.49. The monoisotopic (exact) mass is 857 g/mol. The summed E-state index contributed by atoms with van der Waals surface area (Å²) in [6.45, 7) is -0.527. The van der Waals surface area contributed by atoms with Gasteiger partial charge in [0.1, 0.15) is 31.5 Å². The number of benzene rings is 3. The van der Waals surface area contributed by atoms with Gasteiger partial charge in [-0.25, -0.2) is 9.37 Å². The molecule has 2 aromatic rings. The standard InChI is InChI=1S/C43H56N10O9/c1-52(2)26-12-15-29-34(20-26)62-35-21-27(53(3)4)13-16-30(35)39(29)28-14-11-25(19-31(28)43(60)61)41(58)47-17-7-5-9-32(45)42(59)48-18-8-6-10-33(40(46)57)51-38(56)24-50-37(55)23-49-36(54)22-44/h11-16,19-21,32-33H,5-10,17-18,22-24,44-45H2,1-4H3,(H7-,46,47,48,49,50,51,54,55,56,57,58,59,60,61)/p+1/t32-,33-/m0/s1. The van der Waals surface area contributed by atoms with E-state index in [0.717, 1.165) is 22.0 Å². The zero-order valence-corrected chi connectivity index (χ0v) is 35.5. The average molecular weight is 858 g/mol. The molecule has 0 bridgehead atoms. The number of anilines is 1. The van der Waals surface area contributed by atoms with E-state index in [1.54, 1.807) is 12.1 Å². The highest BCUT2D eigenvalue weighted by atomic mass is 16.4. The minimum atomic E-state index is -1.19. The van der Waals surface area contributed by atoms with Crippen molar-refractivity contribution in [2.75, 3.05) is 65.8 Å². The van der Waals surface area contributed by atoms with E-state index >= 15 is 0 Å². The molecule has 19 heteroatoms. The Balaban J connectivity index is 1.25. The zero-order chi connectivity index (χ0) is 45.5. The average Bonchev–Trinajstić information content (AvgIpc) is 3.24. The van der Waals surface area contributed by atoms with Crippen molar-refractivity contribution in [2.45, 2.75) is 50.6 Å². The third kappa shape index (κ3) is 13.3. The molecule has 2 aromatic carbocycles. The van der Waals surface area contributed by atoms with Crippen LogP contribution in [0, 0.1) is 0 Å². The summed E-state index contributed by atoms with van der Waals surface area (Å²) in [7, 11) is 7.69. The van der Waals surface area contributed by atoms with Gasteiger partial charge in [0, 0.05) is 67.1 Å². The first-order chi connectivity index (χ1) is 29.5. The van der Waals surface area contributed by atoms with Crippen LogP contribution in [0.1, 0.15) is 59.2 Å². The molecule has 0 spiro atoms. The lowest BCUT2D eigenvalue weighted by molar-refractivity contribution is -0.129. The number of carbonyl (C=O) groups is 7. The summed E-state index contributed by atoms with van der Waals surface area (Å²) in [5.41, 5.74) is 20.1. The van der Waals surface area contributed by atoms with Crippen molar-refractivity contribution >= 4 is 58.1 Å². The van der Waals surface area contributed by atoms with Crippen LogP contribution in [0.2, 0.25) is 0 Å². The molecule has 1 aliphatic carbocycles. The van der Waals surface area contributed by atoms with Crippen LogP contribution >= 0.6 is 0 Å². The van der Waals surface area contributed by atoms with Gasteiger partial charge in [-0.05, 0) is 74.4 Å². The zero-order valence-electron chi connectivity index (χ0n) is 35.5. The summed E-state index contributed by atoms with van der Waals surface area (Å²) in [6, 6.07) is 14.4. The molecule has 4 rings (SSSR count). The molecule has 62 heavy (non-hydrogen) atoms. The minimum absolute atomic E-state index is 0.0392. The predicted octanol–water partition coefficient (Wildman–Crippen LogP) is -0.324. The van der Waals surface area contributed by atoms with Crippen molar-refractivity contribution in [1.82, 2.24) is 31.2 Å². The molecule has 0 saturated heterocycles. The molecule has 2 atom stereocenters. The van der Waals surface area contributed by atoms with Crippen molar-refractivity contribution in [3.63, 3.8) is 0 Å². The SMILES string of the molecule is CN(C)c1ccc2c(-c3ccc(C(=O)NCCCC[C@H](N)C(=O)NCCCC[C@H](NC(=O)CNC(=O)CNC(=O)CN)C(N)=O)cc3C(=O)O)c3ccc(=[N+](C)C)cc-3oc2c1. The summed E-state index contributed by atoms with van der Waals surface area (Å²) in [6.07, 6.45) is 2.49. The Morgan fingerprint density at radius 1 is 0.774 bits per heavy atom. The Labute approximate surface area is 358 Å². The number of amides is 6. The molecule has 1 heterocycles. The van der Waals surface area contributed by atoms with Gasteiger partial charge in [0.15, 0.2) is 0 Å². The quantitative estimate of drug-likeness (QED) is 0.0279. The Morgan fingerprint density at radius 3 is 2.10 bits per heavy atom. The van der Waals surface area contributed by atoms with Crippen molar-refractivity contribution < 1.29 is 43.1 Å². The van der Waals surface area contributed by atoms with Gasteiger partial charge in [0.2, 0.25) is 34.9 Å². The number of primary amides is 1. The van der Waals surface area contributed by atoms with E-state index in [1.165, 1.54) is 6.07 Å². The maximum absolute atomic E-state index is 13.2. The summed E-state index contributed by atoms with van der Waals surface area (Å²) in [5, 5.41) is 24.6. The van der Waals surface area contributed by atoms with E-state index < -0.39 is 54.1 Å². The highest BCUT2D eigenvalue weighted by Crippen LogP contribution is 2.42. The van der Waals surface area contributed by atoms with Crippen LogP contribution < -0.4 is 58.6 Å². The van der Waals surface area contributed by atoms with Crippen molar-refractivity contribution in [3.05, 3.63) is 71.1 Å². The normalized spacial score (nSPS) is 11.9. The topological polar surface area (TPSA) is 297 Å².